The van der Waals surface area contributed by atoms with Gasteiger partial charge in [0.05, 0.1) is 0 Å². The van der Waals surface area contributed by atoms with Crippen LogP contribution in [0.15, 0.2) is 0 Å². The van der Waals surface area contributed by atoms with Crippen molar-refractivity contribution in [3.63, 3.8) is 0 Å². The Morgan fingerprint density at radius 2 is 1.47 bits per heavy atom. The molecule has 0 radical (unpaired) electrons. The zero-order chi connectivity index (χ0) is 13.4. The third-order valence-electron chi connectivity index (χ3n) is 2.10. The van der Waals surface area contributed by atoms with Crippen LogP contribution >= 0.6 is 12.2 Å². The summed E-state index contributed by atoms with van der Waals surface area (Å²) in [7, 11) is 0. The number of hydrogen-bond acceptors (Lipinski definition) is 2. The molecule has 0 aromatic rings. The van der Waals surface area contributed by atoms with E-state index in [1.807, 2.05) is 0 Å². The molecule has 0 saturated heterocycles. The van der Waals surface area contributed by atoms with Gasteiger partial charge < -0.3 is 16.0 Å². The maximum atomic E-state index is 11.7. The molecule has 5 heteroatoms. The van der Waals surface area contributed by atoms with E-state index < -0.39 is 0 Å². The minimum atomic E-state index is -0.305. The molecule has 0 saturated carbocycles. The monoisotopic (exact) mass is 259 g/mol. The minimum absolute atomic E-state index is 0.0209. The van der Waals surface area contributed by atoms with Gasteiger partial charge in [-0.25, -0.2) is 0 Å². The second kappa shape index (κ2) is 8.28. The van der Waals surface area contributed by atoms with Crippen molar-refractivity contribution in [2.45, 2.75) is 40.7 Å². The second-order valence-corrected chi connectivity index (χ2v) is 5.52. The van der Waals surface area contributed by atoms with Crippen LogP contribution in [0.5, 0.6) is 0 Å². The van der Waals surface area contributed by atoms with Gasteiger partial charge in [0.2, 0.25) is 5.91 Å². The van der Waals surface area contributed by atoms with E-state index in [0.29, 0.717) is 23.5 Å². The Bertz CT molecular complexity index is 254. The molecule has 0 aliphatic heterocycles. The topological polar surface area (TPSA) is 53.2 Å². The SMILES string of the molecule is CC(C)CNC(=O)C(C)NC(=S)NCC(C)C. The van der Waals surface area contributed by atoms with E-state index in [1.54, 1.807) is 6.92 Å². The Hall–Kier alpha value is -0.840. The smallest absolute Gasteiger partial charge is 0.242 e. The van der Waals surface area contributed by atoms with Crippen molar-refractivity contribution in [1.29, 1.82) is 0 Å². The first-order chi connectivity index (χ1) is 7.82. The largest absolute Gasteiger partial charge is 0.362 e. The molecule has 17 heavy (non-hydrogen) atoms. The molecule has 0 spiro atoms. The van der Waals surface area contributed by atoms with Crippen molar-refractivity contribution in [3.8, 4) is 0 Å². The number of amides is 1. The molecule has 1 atom stereocenters. The van der Waals surface area contributed by atoms with Crippen LogP contribution in [-0.4, -0.2) is 30.2 Å². The number of carbonyl (C=O) groups excluding carboxylic acids is 1. The second-order valence-electron chi connectivity index (χ2n) is 5.11. The molecule has 3 N–H and O–H groups in total. The summed E-state index contributed by atoms with van der Waals surface area (Å²) in [5.74, 6) is 0.962. The van der Waals surface area contributed by atoms with Crippen molar-refractivity contribution >= 4 is 23.2 Å². The van der Waals surface area contributed by atoms with Crippen LogP contribution in [-0.2, 0) is 4.79 Å². The van der Waals surface area contributed by atoms with Crippen LogP contribution in [0.3, 0.4) is 0 Å². The van der Waals surface area contributed by atoms with Gasteiger partial charge in [-0.2, -0.15) is 0 Å². The summed E-state index contributed by atoms with van der Waals surface area (Å²) in [5, 5.41) is 9.44. The lowest BCUT2D eigenvalue weighted by atomic mass is 10.2. The van der Waals surface area contributed by atoms with Gasteiger partial charge in [0, 0.05) is 13.1 Å². The van der Waals surface area contributed by atoms with Crippen LogP contribution in [0.2, 0.25) is 0 Å². The van der Waals surface area contributed by atoms with E-state index in [2.05, 4.69) is 43.6 Å². The molecule has 0 bridgehead atoms. The highest BCUT2D eigenvalue weighted by Gasteiger charge is 2.13. The van der Waals surface area contributed by atoms with E-state index in [4.69, 9.17) is 12.2 Å². The molecule has 1 unspecified atom stereocenters. The van der Waals surface area contributed by atoms with Gasteiger partial charge in [-0.1, -0.05) is 27.7 Å². The first-order valence-corrected chi connectivity index (χ1v) is 6.55. The Balaban J connectivity index is 3.86. The number of carbonyl (C=O) groups is 1. The Labute approximate surface area is 110 Å². The molecule has 0 fully saturated rings. The first kappa shape index (κ1) is 16.2. The average molecular weight is 259 g/mol. The van der Waals surface area contributed by atoms with Crippen LogP contribution in [0.4, 0.5) is 0 Å². The van der Waals surface area contributed by atoms with Crippen molar-refractivity contribution in [3.05, 3.63) is 0 Å². The number of hydrogen-bond donors (Lipinski definition) is 3. The van der Waals surface area contributed by atoms with Gasteiger partial charge in [0.1, 0.15) is 6.04 Å². The highest BCUT2D eigenvalue weighted by molar-refractivity contribution is 7.80. The van der Waals surface area contributed by atoms with Gasteiger partial charge in [-0.15, -0.1) is 0 Å². The molecule has 1 amide bonds. The van der Waals surface area contributed by atoms with Crippen molar-refractivity contribution in [2.24, 2.45) is 11.8 Å². The van der Waals surface area contributed by atoms with Crippen molar-refractivity contribution in [2.75, 3.05) is 13.1 Å². The lowest BCUT2D eigenvalue weighted by Crippen LogP contribution is -2.49. The van der Waals surface area contributed by atoms with Crippen LogP contribution in [0.25, 0.3) is 0 Å². The molecular formula is C12H25N3OS. The minimum Gasteiger partial charge on any atom is -0.362 e. The molecule has 0 rings (SSSR count). The first-order valence-electron chi connectivity index (χ1n) is 6.15. The Kier molecular flexibility index (Phi) is 7.87. The maximum absolute atomic E-state index is 11.7. The molecule has 0 aliphatic carbocycles. The predicted molar refractivity (Wildman–Crippen MR) is 75.9 cm³/mol. The fourth-order valence-corrected chi connectivity index (χ4v) is 1.33. The zero-order valence-electron chi connectivity index (χ0n) is 11.5. The van der Waals surface area contributed by atoms with E-state index in [9.17, 15) is 4.79 Å². The fraction of sp³-hybridized carbons (Fsp3) is 0.833. The summed E-state index contributed by atoms with van der Waals surface area (Å²) >= 11 is 5.10. The lowest BCUT2D eigenvalue weighted by Gasteiger charge is -2.18. The van der Waals surface area contributed by atoms with E-state index in [0.717, 1.165) is 6.54 Å². The van der Waals surface area contributed by atoms with Crippen LogP contribution in [0, 0.1) is 11.8 Å². The maximum Gasteiger partial charge on any atom is 0.242 e. The lowest BCUT2D eigenvalue weighted by molar-refractivity contribution is -0.122. The van der Waals surface area contributed by atoms with Crippen LogP contribution < -0.4 is 16.0 Å². The fourth-order valence-electron chi connectivity index (χ4n) is 1.07. The summed E-state index contributed by atoms with van der Waals surface area (Å²) < 4.78 is 0. The summed E-state index contributed by atoms with van der Waals surface area (Å²) in [6, 6.07) is -0.305. The average Bonchev–Trinajstić information content (AvgIpc) is 2.22. The Morgan fingerprint density at radius 3 is 1.94 bits per heavy atom. The molecule has 0 aromatic heterocycles. The van der Waals surface area contributed by atoms with Gasteiger partial charge in [-0.3, -0.25) is 4.79 Å². The quantitative estimate of drug-likeness (QED) is 0.629. The van der Waals surface area contributed by atoms with E-state index >= 15 is 0 Å². The Morgan fingerprint density at radius 1 is 1.00 bits per heavy atom. The van der Waals surface area contributed by atoms with Gasteiger partial charge in [-0.05, 0) is 31.0 Å². The highest BCUT2D eigenvalue weighted by Crippen LogP contribution is 1.90. The zero-order valence-corrected chi connectivity index (χ0v) is 12.3. The summed E-state index contributed by atoms with van der Waals surface area (Å²) in [6.45, 7) is 11.6. The van der Waals surface area contributed by atoms with Gasteiger partial charge >= 0.3 is 0 Å². The molecule has 100 valence electrons. The van der Waals surface area contributed by atoms with Crippen molar-refractivity contribution in [1.82, 2.24) is 16.0 Å². The molecule has 0 aromatic carbocycles. The third-order valence-corrected chi connectivity index (χ3v) is 2.36. The third kappa shape index (κ3) is 8.92. The molecule has 0 heterocycles. The van der Waals surface area contributed by atoms with Gasteiger partial charge in [0.15, 0.2) is 5.11 Å². The number of nitrogens with one attached hydrogen (secondary N) is 3. The number of thiocarbonyl (C=S) groups is 1. The van der Waals surface area contributed by atoms with E-state index in [-0.39, 0.29) is 11.9 Å². The summed E-state index contributed by atoms with van der Waals surface area (Å²) in [6.07, 6.45) is 0. The molecule has 4 nitrogen and oxygen atoms in total. The van der Waals surface area contributed by atoms with Crippen LogP contribution in [0.1, 0.15) is 34.6 Å². The van der Waals surface area contributed by atoms with Gasteiger partial charge in [0.25, 0.3) is 0 Å². The molecule has 0 aliphatic rings. The summed E-state index contributed by atoms with van der Waals surface area (Å²) in [5.41, 5.74) is 0. The molecular weight excluding hydrogens is 234 g/mol. The predicted octanol–water partition coefficient (Wildman–Crippen LogP) is 1.27. The normalized spacial score (nSPS) is 12.4. The standard InChI is InChI=1S/C12H25N3OS/c1-8(2)6-13-11(16)10(5)15-12(17)14-7-9(3)4/h8-10H,6-7H2,1-5H3,(H,13,16)(H2,14,15,17). The summed E-state index contributed by atoms with van der Waals surface area (Å²) in [4.78, 5) is 11.7. The van der Waals surface area contributed by atoms with Crippen molar-refractivity contribution < 1.29 is 4.79 Å². The number of rotatable bonds is 6. The van der Waals surface area contributed by atoms with E-state index in [1.165, 1.54) is 0 Å². The highest BCUT2D eigenvalue weighted by atomic mass is 32.1.